The number of methoxy groups -OCH3 is 1. The minimum Gasteiger partial charge on any atom is -0.493 e. The second kappa shape index (κ2) is 6.58. The van der Waals surface area contributed by atoms with Crippen molar-refractivity contribution in [2.75, 3.05) is 19.0 Å². The summed E-state index contributed by atoms with van der Waals surface area (Å²) in [6.45, 7) is -0.0585. The van der Waals surface area contributed by atoms with E-state index in [0.29, 0.717) is 35.1 Å². The second-order valence-corrected chi connectivity index (χ2v) is 7.27. The molecule has 2 unspecified atom stereocenters. The van der Waals surface area contributed by atoms with Gasteiger partial charge < -0.3 is 20.1 Å². The highest BCUT2D eigenvalue weighted by Gasteiger charge is 2.56. The molecule has 3 saturated carbocycles. The van der Waals surface area contributed by atoms with Gasteiger partial charge in [-0.3, -0.25) is 9.59 Å². The number of hydrogen-bond donors (Lipinski definition) is 2. The van der Waals surface area contributed by atoms with E-state index >= 15 is 0 Å². The van der Waals surface area contributed by atoms with E-state index in [1.807, 2.05) is 0 Å². The van der Waals surface area contributed by atoms with Gasteiger partial charge in [-0.25, -0.2) is 0 Å². The van der Waals surface area contributed by atoms with Crippen LogP contribution in [0, 0.1) is 17.8 Å². The Bertz CT molecular complexity index is 676. The molecule has 6 heteroatoms. The van der Waals surface area contributed by atoms with Crippen molar-refractivity contribution >= 4 is 17.5 Å². The van der Waals surface area contributed by atoms with E-state index in [9.17, 15) is 9.59 Å². The van der Waals surface area contributed by atoms with Crippen molar-refractivity contribution in [1.29, 1.82) is 0 Å². The lowest BCUT2D eigenvalue weighted by atomic mass is 10.1. The lowest BCUT2D eigenvalue weighted by Crippen LogP contribution is -2.30. The zero-order valence-corrected chi connectivity index (χ0v) is 14.4. The Morgan fingerprint density at radius 1 is 1.12 bits per heavy atom. The third-order valence-corrected chi connectivity index (χ3v) is 5.44. The SMILES string of the molecule is COc1ccc(NC(=O)C2C3CCCC32)cc1OCC(=O)NC1CC1. The van der Waals surface area contributed by atoms with E-state index in [1.165, 1.54) is 19.3 Å². The molecule has 1 aromatic carbocycles. The highest BCUT2D eigenvalue weighted by Crippen LogP contribution is 2.57. The molecule has 0 radical (unpaired) electrons. The number of anilines is 1. The van der Waals surface area contributed by atoms with Gasteiger partial charge in [-0.15, -0.1) is 0 Å². The van der Waals surface area contributed by atoms with Gasteiger partial charge in [-0.05, 0) is 49.7 Å². The molecule has 4 rings (SSSR count). The van der Waals surface area contributed by atoms with Crippen LogP contribution in [0.1, 0.15) is 32.1 Å². The number of hydrogen-bond acceptors (Lipinski definition) is 4. The standard InChI is InChI=1S/C19H24N2O4/c1-24-15-8-7-12(21-19(23)18-13-3-2-4-14(13)18)9-16(15)25-10-17(22)20-11-5-6-11/h7-9,11,13-14,18H,2-6,10H2,1H3,(H,20,22)(H,21,23). The van der Waals surface area contributed by atoms with Crippen molar-refractivity contribution in [3.05, 3.63) is 18.2 Å². The fourth-order valence-corrected chi connectivity index (χ4v) is 3.94. The predicted octanol–water partition coefficient (Wildman–Crippen LogP) is 2.34. The van der Waals surface area contributed by atoms with E-state index in [4.69, 9.17) is 9.47 Å². The lowest BCUT2D eigenvalue weighted by molar-refractivity contribution is -0.123. The lowest BCUT2D eigenvalue weighted by Gasteiger charge is -2.13. The van der Waals surface area contributed by atoms with Gasteiger partial charge in [0.25, 0.3) is 5.91 Å². The minimum absolute atomic E-state index is 0.0585. The van der Waals surface area contributed by atoms with Crippen LogP contribution >= 0.6 is 0 Å². The number of benzene rings is 1. The van der Waals surface area contributed by atoms with Gasteiger partial charge in [-0.1, -0.05) is 6.42 Å². The summed E-state index contributed by atoms with van der Waals surface area (Å²) in [7, 11) is 1.55. The van der Waals surface area contributed by atoms with Crippen molar-refractivity contribution in [3.63, 3.8) is 0 Å². The number of carbonyl (C=O) groups is 2. The summed E-state index contributed by atoms with van der Waals surface area (Å²) in [4.78, 5) is 24.2. The maximum absolute atomic E-state index is 12.4. The van der Waals surface area contributed by atoms with Gasteiger partial charge in [0.05, 0.1) is 7.11 Å². The molecular weight excluding hydrogens is 320 g/mol. The molecule has 0 saturated heterocycles. The number of carbonyl (C=O) groups excluding carboxylic acids is 2. The van der Waals surface area contributed by atoms with E-state index in [-0.39, 0.29) is 24.3 Å². The van der Waals surface area contributed by atoms with Crippen LogP contribution in [0.15, 0.2) is 18.2 Å². The molecule has 3 aliphatic rings. The van der Waals surface area contributed by atoms with Crippen LogP contribution in [0.25, 0.3) is 0 Å². The van der Waals surface area contributed by atoms with Crippen LogP contribution in [0.4, 0.5) is 5.69 Å². The molecule has 25 heavy (non-hydrogen) atoms. The summed E-state index contributed by atoms with van der Waals surface area (Å²) >= 11 is 0. The largest absolute Gasteiger partial charge is 0.493 e. The zero-order valence-electron chi connectivity index (χ0n) is 14.4. The van der Waals surface area contributed by atoms with Gasteiger partial charge in [0.2, 0.25) is 5.91 Å². The topological polar surface area (TPSA) is 76.7 Å². The maximum atomic E-state index is 12.4. The van der Waals surface area contributed by atoms with E-state index in [1.54, 1.807) is 25.3 Å². The third-order valence-electron chi connectivity index (χ3n) is 5.44. The summed E-state index contributed by atoms with van der Waals surface area (Å²) in [6.07, 6.45) is 5.69. The molecule has 3 fully saturated rings. The number of fused-ring (bicyclic) bond motifs is 1. The third kappa shape index (κ3) is 3.57. The van der Waals surface area contributed by atoms with Crippen LogP contribution in [0.3, 0.4) is 0 Å². The monoisotopic (exact) mass is 344 g/mol. The van der Waals surface area contributed by atoms with Crippen LogP contribution in [0.2, 0.25) is 0 Å². The van der Waals surface area contributed by atoms with Crippen molar-refractivity contribution in [2.45, 2.75) is 38.1 Å². The molecule has 0 aliphatic heterocycles. The summed E-state index contributed by atoms with van der Waals surface area (Å²) in [5.41, 5.74) is 0.674. The Labute approximate surface area is 147 Å². The zero-order chi connectivity index (χ0) is 17.4. The van der Waals surface area contributed by atoms with Gasteiger partial charge in [0.15, 0.2) is 18.1 Å². The summed E-state index contributed by atoms with van der Waals surface area (Å²) in [6, 6.07) is 5.57. The molecule has 0 heterocycles. The molecule has 0 spiro atoms. The van der Waals surface area contributed by atoms with Crippen LogP contribution in [0.5, 0.6) is 11.5 Å². The molecular formula is C19H24N2O4. The van der Waals surface area contributed by atoms with Crippen LogP contribution in [-0.2, 0) is 9.59 Å². The average Bonchev–Trinajstić information content (AvgIpc) is 3.51. The van der Waals surface area contributed by atoms with Crippen molar-refractivity contribution in [1.82, 2.24) is 5.32 Å². The first kappa shape index (κ1) is 16.2. The Kier molecular flexibility index (Phi) is 4.27. The number of ether oxygens (including phenoxy) is 2. The first-order valence-electron chi connectivity index (χ1n) is 9.07. The van der Waals surface area contributed by atoms with Gasteiger partial charge in [0.1, 0.15) is 0 Å². The van der Waals surface area contributed by atoms with Crippen LogP contribution < -0.4 is 20.1 Å². The summed E-state index contributed by atoms with van der Waals surface area (Å²) in [5.74, 6) is 2.30. The van der Waals surface area contributed by atoms with Crippen molar-refractivity contribution < 1.29 is 19.1 Å². The smallest absolute Gasteiger partial charge is 0.258 e. The minimum atomic E-state index is -0.134. The number of amides is 2. The average molecular weight is 344 g/mol. The van der Waals surface area contributed by atoms with Crippen molar-refractivity contribution in [2.24, 2.45) is 17.8 Å². The highest BCUT2D eigenvalue weighted by molar-refractivity contribution is 5.95. The predicted molar refractivity (Wildman–Crippen MR) is 92.6 cm³/mol. The van der Waals surface area contributed by atoms with E-state index in [0.717, 1.165) is 12.8 Å². The van der Waals surface area contributed by atoms with Gasteiger partial charge in [-0.2, -0.15) is 0 Å². The maximum Gasteiger partial charge on any atom is 0.258 e. The van der Waals surface area contributed by atoms with E-state index in [2.05, 4.69) is 10.6 Å². The Morgan fingerprint density at radius 2 is 1.88 bits per heavy atom. The quantitative estimate of drug-likeness (QED) is 0.796. The Balaban J connectivity index is 1.37. The molecule has 2 atom stereocenters. The molecule has 6 nitrogen and oxygen atoms in total. The molecule has 134 valence electrons. The number of rotatable bonds is 7. The molecule has 2 amide bonds. The molecule has 1 aromatic rings. The Morgan fingerprint density at radius 3 is 2.56 bits per heavy atom. The van der Waals surface area contributed by atoms with Gasteiger partial charge >= 0.3 is 0 Å². The molecule has 0 aromatic heterocycles. The normalized spacial score (nSPS) is 26.5. The second-order valence-electron chi connectivity index (χ2n) is 7.27. The molecule has 3 aliphatic carbocycles. The highest BCUT2D eigenvalue weighted by atomic mass is 16.5. The van der Waals surface area contributed by atoms with Gasteiger partial charge in [0, 0.05) is 23.7 Å². The Hall–Kier alpha value is -2.24. The fraction of sp³-hybridized carbons (Fsp3) is 0.579. The van der Waals surface area contributed by atoms with Crippen LogP contribution in [-0.4, -0.2) is 31.6 Å². The molecule has 2 N–H and O–H groups in total. The summed E-state index contributed by atoms with van der Waals surface area (Å²) < 4.78 is 10.9. The first-order chi connectivity index (χ1) is 12.2. The fourth-order valence-electron chi connectivity index (χ4n) is 3.94. The molecule has 0 bridgehead atoms. The number of nitrogens with one attached hydrogen (secondary N) is 2. The first-order valence-corrected chi connectivity index (χ1v) is 9.07. The van der Waals surface area contributed by atoms with Crippen molar-refractivity contribution in [3.8, 4) is 11.5 Å². The summed E-state index contributed by atoms with van der Waals surface area (Å²) in [5, 5.41) is 5.86. The van der Waals surface area contributed by atoms with E-state index < -0.39 is 0 Å².